The number of ether oxygens (including phenoxy) is 2. The summed E-state index contributed by atoms with van der Waals surface area (Å²) in [6.45, 7) is -0.0901. The number of hydrogen-bond donors (Lipinski definition) is 2. The Kier molecular flexibility index (Phi) is 5.44. The van der Waals surface area contributed by atoms with Gasteiger partial charge in [0, 0.05) is 5.02 Å². The second kappa shape index (κ2) is 6.61. The summed E-state index contributed by atoms with van der Waals surface area (Å²) in [5.74, 6) is -0.487. The van der Waals surface area contributed by atoms with E-state index in [0.717, 1.165) is 0 Å². The molecule has 0 aromatic heterocycles. The van der Waals surface area contributed by atoms with Crippen LogP contribution in [0.1, 0.15) is 5.56 Å². The number of carbonyl (C=O) groups excluding carboxylic acids is 1. The van der Waals surface area contributed by atoms with Gasteiger partial charge in [-0.05, 0) is 17.1 Å². The number of benzene rings is 1. The van der Waals surface area contributed by atoms with Gasteiger partial charge in [0.15, 0.2) is 0 Å². The third kappa shape index (κ3) is 4.36. The molecule has 2 N–H and O–H groups in total. The van der Waals surface area contributed by atoms with Crippen molar-refractivity contribution in [1.82, 2.24) is 0 Å². The molecular weight excluding hydrogens is 246 g/mol. The average Bonchev–Trinajstić information content (AvgIpc) is 2.30. The predicted octanol–water partition coefficient (Wildman–Crippen LogP) is -0.291. The summed E-state index contributed by atoms with van der Waals surface area (Å²) in [4.78, 5) is 10.8. The molecule has 0 radical (unpaired) electrons. The first-order chi connectivity index (χ1) is 8.04. The molecule has 0 heterocycles. The maximum Gasteiger partial charge on any atom is 0.488 e. The summed E-state index contributed by atoms with van der Waals surface area (Å²) in [5, 5.41) is 18.4. The molecule has 0 bridgehead atoms. The molecule has 0 aliphatic carbocycles. The van der Waals surface area contributed by atoms with Gasteiger partial charge >= 0.3 is 13.1 Å². The van der Waals surface area contributed by atoms with Crippen LogP contribution >= 0.6 is 11.6 Å². The van der Waals surface area contributed by atoms with Crippen molar-refractivity contribution in [2.24, 2.45) is 0 Å². The van der Waals surface area contributed by atoms with Gasteiger partial charge in [-0.15, -0.1) is 0 Å². The lowest BCUT2D eigenvalue weighted by molar-refractivity contribution is -0.146. The van der Waals surface area contributed by atoms with Crippen molar-refractivity contribution in [1.29, 1.82) is 0 Å². The van der Waals surface area contributed by atoms with E-state index in [1.165, 1.54) is 25.3 Å². The van der Waals surface area contributed by atoms with Gasteiger partial charge in [0.1, 0.15) is 6.61 Å². The van der Waals surface area contributed by atoms with E-state index in [0.29, 0.717) is 16.0 Å². The van der Waals surface area contributed by atoms with Crippen LogP contribution in [0.25, 0.3) is 0 Å². The summed E-state index contributed by atoms with van der Waals surface area (Å²) >= 11 is 5.89. The Bertz CT molecular complexity index is 396. The second-order valence-corrected chi connectivity index (χ2v) is 3.70. The van der Waals surface area contributed by atoms with Gasteiger partial charge in [-0.25, -0.2) is 4.79 Å². The molecule has 0 amide bonds. The van der Waals surface area contributed by atoms with Crippen LogP contribution in [0.3, 0.4) is 0 Å². The van der Waals surface area contributed by atoms with Gasteiger partial charge in [-0.1, -0.05) is 23.7 Å². The maximum absolute atomic E-state index is 10.8. The molecule has 0 aliphatic rings. The minimum absolute atomic E-state index is 0.0918. The quantitative estimate of drug-likeness (QED) is 0.561. The lowest BCUT2D eigenvalue weighted by Gasteiger charge is -2.07. The van der Waals surface area contributed by atoms with Crippen LogP contribution in [0.5, 0.6) is 0 Å². The fraction of sp³-hybridized carbons (Fsp3) is 0.300. The molecule has 0 unspecified atom stereocenters. The van der Waals surface area contributed by atoms with Crippen molar-refractivity contribution < 1.29 is 24.3 Å². The third-order valence-corrected chi connectivity index (χ3v) is 2.44. The van der Waals surface area contributed by atoms with Crippen molar-refractivity contribution in [3.63, 3.8) is 0 Å². The first-order valence-electron chi connectivity index (χ1n) is 4.83. The zero-order valence-electron chi connectivity index (χ0n) is 9.22. The molecule has 0 saturated carbocycles. The molecular formula is C10H12BClO5. The average molecular weight is 258 g/mol. The predicted molar refractivity (Wildman–Crippen MR) is 62.9 cm³/mol. The molecule has 1 aromatic rings. The minimum Gasteiger partial charge on any atom is -0.467 e. The number of esters is 1. The molecule has 0 saturated heterocycles. The molecule has 1 rings (SSSR count). The van der Waals surface area contributed by atoms with Crippen molar-refractivity contribution >= 4 is 30.2 Å². The van der Waals surface area contributed by atoms with Gasteiger partial charge < -0.3 is 19.5 Å². The minimum atomic E-state index is -1.56. The van der Waals surface area contributed by atoms with E-state index < -0.39 is 13.1 Å². The Morgan fingerprint density at radius 2 is 2.18 bits per heavy atom. The normalized spacial score (nSPS) is 10.1. The highest BCUT2D eigenvalue weighted by molar-refractivity contribution is 6.58. The first-order valence-corrected chi connectivity index (χ1v) is 5.21. The van der Waals surface area contributed by atoms with Gasteiger partial charge in [-0.3, -0.25) is 0 Å². The molecule has 7 heteroatoms. The third-order valence-electron chi connectivity index (χ3n) is 2.07. The van der Waals surface area contributed by atoms with Crippen LogP contribution in [0.15, 0.2) is 18.2 Å². The largest absolute Gasteiger partial charge is 0.488 e. The number of methoxy groups -OCH3 is 1. The monoisotopic (exact) mass is 258 g/mol. The van der Waals surface area contributed by atoms with Crippen LogP contribution in [0.4, 0.5) is 0 Å². The Balaban J connectivity index is 2.63. The van der Waals surface area contributed by atoms with Crippen LogP contribution in [0, 0.1) is 0 Å². The molecule has 5 nitrogen and oxygen atoms in total. The van der Waals surface area contributed by atoms with E-state index in [4.69, 9.17) is 26.4 Å². The van der Waals surface area contributed by atoms with Crippen LogP contribution in [-0.2, 0) is 20.9 Å². The second-order valence-electron chi connectivity index (χ2n) is 3.29. The molecule has 1 aromatic carbocycles. The molecule has 17 heavy (non-hydrogen) atoms. The SMILES string of the molecule is COC(=O)COCc1cc(B(O)O)ccc1Cl. The van der Waals surface area contributed by atoms with E-state index in [1.807, 2.05) is 0 Å². The number of halogens is 1. The summed E-state index contributed by atoms with van der Waals surface area (Å²) in [6, 6.07) is 4.54. The highest BCUT2D eigenvalue weighted by Gasteiger charge is 2.13. The lowest BCUT2D eigenvalue weighted by Crippen LogP contribution is -2.30. The van der Waals surface area contributed by atoms with Crippen LogP contribution in [-0.4, -0.2) is 36.9 Å². The fourth-order valence-corrected chi connectivity index (χ4v) is 1.34. The summed E-state index contributed by atoms with van der Waals surface area (Å²) in [7, 11) is -0.298. The topological polar surface area (TPSA) is 76.0 Å². The lowest BCUT2D eigenvalue weighted by atomic mass is 9.80. The molecule has 0 atom stereocenters. The maximum atomic E-state index is 10.8. The first kappa shape index (κ1) is 14.0. The Hall–Kier alpha value is -1.08. The number of carbonyl (C=O) groups is 1. The smallest absolute Gasteiger partial charge is 0.467 e. The van der Waals surface area contributed by atoms with Gasteiger partial charge in [0.25, 0.3) is 0 Å². The highest BCUT2D eigenvalue weighted by atomic mass is 35.5. The van der Waals surface area contributed by atoms with E-state index in [1.54, 1.807) is 0 Å². The molecule has 0 aliphatic heterocycles. The number of rotatable bonds is 5. The fourth-order valence-electron chi connectivity index (χ4n) is 1.17. The Morgan fingerprint density at radius 1 is 1.47 bits per heavy atom. The van der Waals surface area contributed by atoms with Gasteiger partial charge in [0.05, 0.1) is 13.7 Å². The molecule has 92 valence electrons. The molecule has 0 spiro atoms. The summed E-state index contributed by atoms with van der Waals surface area (Å²) < 4.78 is 9.47. The van der Waals surface area contributed by atoms with E-state index in [2.05, 4.69) is 4.74 Å². The summed E-state index contributed by atoms with van der Waals surface area (Å²) in [5.41, 5.74) is 0.882. The van der Waals surface area contributed by atoms with Crippen molar-refractivity contribution in [2.75, 3.05) is 13.7 Å². The Morgan fingerprint density at radius 3 is 2.76 bits per heavy atom. The van der Waals surface area contributed by atoms with Crippen LogP contribution < -0.4 is 5.46 Å². The number of hydrogen-bond acceptors (Lipinski definition) is 5. The zero-order valence-corrected chi connectivity index (χ0v) is 9.98. The van der Waals surface area contributed by atoms with E-state index in [9.17, 15) is 4.79 Å². The van der Waals surface area contributed by atoms with Gasteiger partial charge in [0.2, 0.25) is 0 Å². The standard InChI is InChI=1S/C10H12BClO5/c1-16-10(13)6-17-5-7-4-8(11(14)15)2-3-9(7)12/h2-4,14-15H,5-6H2,1H3. The van der Waals surface area contributed by atoms with Crippen molar-refractivity contribution in [2.45, 2.75) is 6.61 Å². The molecule has 0 fully saturated rings. The Labute approximate surface area is 104 Å². The van der Waals surface area contributed by atoms with Gasteiger partial charge in [-0.2, -0.15) is 0 Å². The van der Waals surface area contributed by atoms with Crippen molar-refractivity contribution in [3.05, 3.63) is 28.8 Å². The van der Waals surface area contributed by atoms with E-state index in [-0.39, 0.29) is 13.2 Å². The zero-order chi connectivity index (χ0) is 12.8. The highest BCUT2D eigenvalue weighted by Crippen LogP contribution is 2.15. The summed E-state index contributed by atoms with van der Waals surface area (Å²) in [6.07, 6.45) is 0. The van der Waals surface area contributed by atoms with Crippen LogP contribution in [0.2, 0.25) is 5.02 Å². The van der Waals surface area contributed by atoms with Crippen molar-refractivity contribution in [3.8, 4) is 0 Å². The van der Waals surface area contributed by atoms with E-state index >= 15 is 0 Å².